The molecule has 0 aliphatic carbocycles. The summed E-state index contributed by atoms with van der Waals surface area (Å²) in [5, 5.41) is 5.38. The van der Waals surface area contributed by atoms with Gasteiger partial charge < -0.3 is 5.32 Å². The Balaban J connectivity index is 1.51. The summed E-state index contributed by atoms with van der Waals surface area (Å²) in [6, 6.07) is 17.0. The maximum Gasteiger partial charge on any atom is 0.271 e. The van der Waals surface area contributed by atoms with Crippen LogP contribution in [0.3, 0.4) is 0 Å². The molecule has 1 amide bonds. The van der Waals surface area contributed by atoms with E-state index in [1.165, 1.54) is 22.2 Å². The highest BCUT2D eigenvalue weighted by atomic mass is 35.5. The van der Waals surface area contributed by atoms with E-state index in [1.54, 1.807) is 12.1 Å². The van der Waals surface area contributed by atoms with Gasteiger partial charge in [-0.15, -0.1) is 11.3 Å². The fourth-order valence-corrected chi connectivity index (χ4v) is 3.99. The van der Waals surface area contributed by atoms with Gasteiger partial charge in [0.1, 0.15) is 11.2 Å². The van der Waals surface area contributed by atoms with Crippen molar-refractivity contribution in [1.29, 1.82) is 0 Å². The maximum absolute atomic E-state index is 12.8. The van der Waals surface area contributed by atoms with Crippen LogP contribution in [0.4, 0.5) is 0 Å². The first-order chi connectivity index (χ1) is 13.6. The van der Waals surface area contributed by atoms with Crippen LogP contribution in [0.15, 0.2) is 71.1 Å². The minimum atomic E-state index is -0.252. The zero-order valence-electron chi connectivity index (χ0n) is 14.8. The van der Waals surface area contributed by atoms with Gasteiger partial charge in [0.2, 0.25) is 5.91 Å². The molecular formula is C21H16ClN3O2S. The molecule has 0 fully saturated rings. The lowest BCUT2D eigenvalue weighted by molar-refractivity contribution is -0.121. The molecule has 28 heavy (non-hydrogen) atoms. The van der Waals surface area contributed by atoms with Crippen LogP contribution in [0.5, 0.6) is 0 Å². The molecule has 1 N–H and O–H groups in total. The number of fused-ring (bicyclic) bond motifs is 1. The first kappa shape index (κ1) is 18.4. The van der Waals surface area contributed by atoms with E-state index in [2.05, 4.69) is 10.3 Å². The Morgan fingerprint density at radius 3 is 2.61 bits per heavy atom. The highest BCUT2D eigenvalue weighted by Gasteiger charge is 2.13. The summed E-state index contributed by atoms with van der Waals surface area (Å²) in [7, 11) is 0. The third-order valence-corrected chi connectivity index (χ3v) is 5.56. The summed E-state index contributed by atoms with van der Waals surface area (Å²) in [4.78, 5) is 29.4. The molecule has 5 nitrogen and oxygen atoms in total. The van der Waals surface area contributed by atoms with Gasteiger partial charge >= 0.3 is 0 Å². The van der Waals surface area contributed by atoms with Crippen LogP contribution in [0, 0.1) is 0 Å². The summed E-state index contributed by atoms with van der Waals surface area (Å²) < 4.78 is 1.89. The summed E-state index contributed by atoms with van der Waals surface area (Å²) >= 11 is 7.20. The number of halogens is 1. The van der Waals surface area contributed by atoms with Crippen molar-refractivity contribution in [3.8, 4) is 11.1 Å². The number of hydrogen-bond donors (Lipinski definition) is 1. The molecule has 0 aliphatic rings. The first-order valence-corrected chi connectivity index (χ1v) is 9.91. The molecule has 0 bridgehead atoms. The predicted octanol–water partition coefficient (Wildman–Crippen LogP) is 4.09. The number of carbonyl (C=O) groups excluding carboxylic acids is 1. The smallest absolute Gasteiger partial charge is 0.271 e. The van der Waals surface area contributed by atoms with Crippen LogP contribution >= 0.6 is 22.9 Å². The molecule has 0 spiro atoms. The van der Waals surface area contributed by atoms with Crippen molar-refractivity contribution in [2.24, 2.45) is 0 Å². The first-order valence-electron chi connectivity index (χ1n) is 8.65. The average Bonchev–Trinajstić information content (AvgIpc) is 3.15. The van der Waals surface area contributed by atoms with Gasteiger partial charge in [-0.1, -0.05) is 54.1 Å². The van der Waals surface area contributed by atoms with Crippen molar-refractivity contribution >= 4 is 39.1 Å². The molecule has 7 heteroatoms. The largest absolute Gasteiger partial charge is 0.350 e. The summed E-state index contributed by atoms with van der Waals surface area (Å²) in [6.45, 7) is 0.297. The van der Waals surface area contributed by atoms with Gasteiger partial charge in [0.05, 0.1) is 11.8 Å². The number of nitrogens with one attached hydrogen (secondary N) is 1. The highest BCUT2D eigenvalue weighted by Crippen LogP contribution is 2.30. The molecule has 4 aromatic rings. The number of nitrogens with zero attached hydrogens (tertiary/aromatic N) is 2. The molecule has 0 unspecified atom stereocenters. The van der Waals surface area contributed by atoms with E-state index in [4.69, 9.17) is 11.6 Å². The summed E-state index contributed by atoms with van der Waals surface area (Å²) in [5.74, 6) is -0.252. The molecule has 0 saturated heterocycles. The Labute approximate surface area is 170 Å². The van der Waals surface area contributed by atoms with Crippen molar-refractivity contribution in [2.45, 2.75) is 13.1 Å². The van der Waals surface area contributed by atoms with Gasteiger partial charge in [0, 0.05) is 22.5 Å². The van der Waals surface area contributed by atoms with Gasteiger partial charge in [-0.25, -0.2) is 4.98 Å². The zero-order valence-corrected chi connectivity index (χ0v) is 16.3. The quantitative estimate of drug-likeness (QED) is 0.539. The minimum Gasteiger partial charge on any atom is -0.350 e. The number of hydrogen-bond acceptors (Lipinski definition) is 4. The van der Waals surface area contributed by atoms with Gasteiger partial charge in [-0.3, -0.25) is 14.2 Å². The Kier molecular flexibility index (Phi) is 5.23. The Bertz CT molecular complexity index is 1180. The van der Waals surface area contributed by atoms with E-state index in [1.807, 2.05) is 47.8 Å². The van der Waals surface area contributed by atoms with Crippen LogP contribution in [0.25, 0.3) is 21.3 Å². The Morgan fingerprint density at radius 1 is 1.11 bits per heavy atom. The molecule has 2 heterocycles. The van der Waals surface area contributed by atoms with Crippen molar-refractivity contribution in [3.05, 3.63) is 87.2 Å². The standard InChI is InChI=1S/C21H16ClN3O2S/c22-16-8-6-14(7-9-16)10-23-18(26)11-25-13-24-19-17(12-28-20(19)21(25)27)15-4-2-1-3-5-15/h1-9,12-13H,10-11H2,(H,23,26). The number of thiophene rings is 1. The fraction of sp³-hybridized carbons (Fsp3) is 0.0952. The normalized spacial score (nSPS) is 10.9. The zero-order chi connectivity index (χ0) is 19.5. The SMILES string of the molecule is O=C(Cn1cnc2c(-c3ccccc3)csc2c1=O)NCc1ccc(Cl)cc1. The lowest BCUT2D eigenvalue weighted by Gasteiger charge is -2.08. The van der Waals surface area contributed by atoms with E-state index in [0.29, 0.717) is 21.8 Å². The van der Waals surface area contributed by atoms with Crippen LogP contribution in [0.2, 0.25) is 5.02 Å². The second-order valence-corrected chi connectivity index (χ2v) is 7.59. The van der Waals surface area contributed by atoms with Crippen LogP contribution in [-0.2, 0) is 17.9 Å². The van der Waals surface area contributed by atoms with Crippen molar-refractivity contribution in [1.82, 2.24) is 14.9 Å². The second kappa shape index (κ2) is 7.96. The second-order valence-electron chi connectivity index (χ2n) is 6.27. The summed E-state index contributed by atoms with van der Waals surface area (Å²) in [5.41, 5.74) is 3.33. The number of amides is 1. The average molecular weight is 410 g/mol. The lowest BCUT2D eigenvalue weighted by Crippen LogP contribution is -2.31. The minimum absolute atomic E-state index is 0.0755. The maximum atomic E-state index is 12.8. The molecule has 0 saturated carbocycles. The van der Waals surface area contributed by atoms with Crippen molar-refractivity contribution in [3.63, 3.8) is 0 Å². The lowest BCUT2D eigenvalue weighted by atomic mass is 10.1. The van der Waals surface area contributed by atoms with Crippen LogP contribution < -0.4 is 10.9 Å². The third-order valence-electron chi connectivity index (χ3n) is 4.35. The molecule has 2 aromatic carbocycles. The van der Waals surface area contributed by atoms with Crippen molar-refractivity contribution < 1.29 is 4.79 Å². The molecule has 0 atom stereocenters. The molecule has 4 rings (SSSR count). The number of carbonyl (C=O) groups is 1. The highest BCUT2D eigenvalue weighted by molar-refractivity contribution is 7.17. The molecule has 2 aromatic heterocycles. The van der Waals surface area contributed by atoms with Gasteiger partial charge in [0.15, 0.2) is 0 Å². The van der Waals surface area contributed by atoms with E-state index < -0.39 is 0 Å². The summed E-state index contributed by atoms with van der Waals surface area (Å²) in [6.07, 6.45) is 1.44. The number of benzene rings is 2. The Morgan fingerprint density at radius 2 is 1.86 bits per heavy atom. The molecule has 0 radical (unpaired) electrons. The van der Waals surface area contributed by atoms with E-state index in [0.717, 1.165) is 16.7 Å². The third kappa shape index (κ3) is 3.83. The predicted molar refractivity (Wildman–Crippen MR) is 113 cm³/mol. The molecule has 140 valence electrons. The Hall–Kier alpha value is -2.96. The van der Waals surface area contributed by atoms with Gasteiger partial charge in [-0.05, 0) is 23.3 Å². The van der Waals surface area contributed by atoms with E-state index in [9.17, 15) is 9.59 Å². The molecular weight excluding hydrogens is 394 g/mol. The van der Waals surface area contributed by atoms with Crippen LogP contribution in [0.1, 0.15) is 5.56 Å². The number of aromatic nitrogens is 2. The fourth-order valence-electron chi connectivity index (χ4n) is 2.89. The number of rotatable bonds is 5. The monoisotopic (exact) mass is 409 g/mol. The van der Waals surface area contributed by atoms with Gasteiger partial charge in [-0.2, -0.15) is 0 Å². The van der Waals surface area contributed by atoms with Gasteiger partial charge in [0.25, 0.3) is 5.56 Å². The van der Waals surface area contributed by atoms with Crippen molar-refractivity contribution in [2.75, 3.05) is 0 Å². The molecule has 0 aliphatic heterocycles. The van der Waals surface area contributed by atoms with Crippen LogP contribution in [-0.4, -0.2) is 15.5 Å². The van der Waals surface area contributed by atoms with E-state index >= 15 is 0 Å². The van der Waals surface area contributed by atoms with E-state index in [-0.39, 0.29) is 18.0 Å². The topological polar surface area (TPSA) is 64.0 Å².